The van der Waals surface area contributed by atoms with Gasteiger partial charge in [0, 0.05) is 12.6 Å². The Bertz CT molecular complexity index is 511. The van der Waals surface area contributed by atoms with Gasteiger partial charge in [0.05, 0.1) is 19.5 Å². The van der Waals surface area contributed by atoms with Gasteiger partial charge >= 0.3 is 0 Å². The van der Waals surface area contributed by atoms with Gasteiger partial charge in [0.2, 0.25) is 0 Å². The zero-order chi connectivity index (χ0) is 13.5. The maximum absolute atomic E-state index is 5.57. The lowest BCUT2D eigenvalue weighted by Crippen LogP contribution is -2.08. The predicted molar refractivity (Wildman–Crippen MR) is 71.9 cm³/mol. The first-order valence-electron chi connectivity index (χ1n) is 6.24. The van der Waals surface area contributed by atoms with Gasteiger partial charge < -0.3 is 14.2 Å². The van der Waals surface area contributed by atoms with Crippen molar-refractivity contribution < 1.29 is 14.2 Å². The molecular formula is C14H18N2O3. The van der Waals surface area contributed by atoms with Gasteiger partial charge in [-0.15, -0.1) is 0 Å². The van der Waals surface area contributed by atoms with Crippen LogP contribution in [0, 0.1) is 0 Å². The lowest BCUT2D eigenvalue weighted by molar-refractivity contribution is 0.216. The molecule has 0 fully saturated rings. The Morgan fingerprint density at radius 1 is 1.11 bits per heavy atom. The zero-order valence-electron chi connectivity index (χ0n) is 11.2. The molecule has 0 bridgehead atoms. The van der Waals surface area contributed by atoms with Crippen LogP contribution in [0.3, 0.4) is 0 Å². The molecule has 0 spiro atoms. The molecule has 0 atom stereocenters. The second-order valence-corrected chi connectivity index (χ2v) is 3.91. The van der Waals surface area contributed by atoms with Crippen molar-refractivity contribution in [3.63, 3.8) is 0 Å². The van der Waals surface area contributed by atoms with Crippen molar-refractivity contribution in [1.82, 2.24) is 9.78 Å². The van der Waals surface area contributed by atoms with Crippen LogP contribution in [0.15, 0.2) is 36.7 Å². The van der Waals surface area contributed by atoms with Gasteiger partial charge in [-0.25, -0.2) is 0 Å². The van der Waals surface area contributed by atoms with Crippen LogP contribution in [0.1, 0.15) is 6.92 Å². The van der Waals surface area contributed by atoms with Gasteiger partial charge in [0.25, 0.3) is 0 Å². The Kier molecular flexibility index (Phi) is 4.66. The SMILES string of the molecule is CCn1cc(OCCOc2cccc(OC)c2)cn1. The van der Waals surface area contributed by atoms with Gasteiger partial charge in [-0.2, -0.15) is 5.10 Å². The van der Waals surface area contributed by atoms with E-state index in [0.717, 1.165) is 23.8 Å². The van der Waals surface area contributed by atoms with Crippen molar-refractivity contribution in [2.75, 3.05) is 20.3 Å². The van der Waals surface area contributed by atoms with E-state index >= 15 is 0 Å². The standard InChI is InChI=1S/C14H18N2O3/c1-3-16-11-14(10-15-16)19-8-7-18-13-6-4-5-12(9-13)17-2/h4-6,9-11H,3,7-8H2,1-2H3. The molecule has 19 heavy (non-hydrogen) atoms. The molecule has 102 valence electrons. The Morgan fingerprint density at radius 3 is 2.53 bits per heavy atom. The molecule has 0 amide bonds. The summed E-state index contributed by atoms with van der Waals surface area (Å²) in [6, 6.07) is 7.50. The molecule has 0 radical (unpaired) electrons. The van der Waals surface area contributed by atoms with E-state index < -0.39 is 0 Å². The van der Waals surface area contributed by atoms with Crippen LogP contribution in [0.5, 0.6) is 17.2 Å². The van der Waals surface area contributed by atoms with Gasteiger partial charge in [-0.1, -0.05) is 6.07 Å². The molecule has 2 rings (SSSR count). The number of ether oxygens (including phenoxy) is 3. The Balaban J connectivity index is 1.74. The summed E-state index contributed by atoms with van der Waals surface area (Å²) in [4.78, 5) is 0. The van der Waals surface area contributed by atoms with E-state index in [2.05, 4.69) is 5.10 Å². The fourth-order valence-electron chi connectivity index (χ4n) is 1.60. The Labute approximate surface area is 112 Å². The zero-order valence-corrected chi connectivity index (χ0v) is 11.2. The first-order chi connectivity index (χ1) is 9.31. The highest BCUT2D eigenvalue weighted by Gasteiger charge is 1.99. The predicted octanol–water partition coefficient (Wildman–Crippen LogP) is 2.37. The summed E-state index contributed by atoms with van der Waals surface area (Å²) in [5, 5.41) is 4.13. The summed E-state index contributed by atoms with van der Waals surface area (Å²) in [6.07, 6.45) is 3.57. The molecule has 1 aromatic heterocycles. The van der Waals surface area contributed by atoms with Crippen molar-refractivity contribution in [2.45, 2.75) is 13.5 Å². The fourth-order valence-corrected chi connectivity index (χ4v) is 1.60. The Hall–Kier alpha value is -2.17. The minimum atomic E-state index is 0.477. The van der Waals surface area contributed by atoms with Crippen molar-refractivity contribution >= 4 is 0 Å². The summed E-state index contributed by atoms with van der Waals surface area (Å²) in [5.74, 6) is 2.31. The van der Waals surface area contributed by atoms with E-state index in [1.54, 1.807) is 13.3 Å². The third kappa shape index (κ3) is 3.91. The minimum absolute atomic E-state index is 0.477. The first-order valence-corrected chi connectivity index (χ1v) is 6.24. The number of methoxy groups -OCH3 is 1. The molecule has 2 aromatic rings. The number of benzene rings is 1. The highest BCUT2D eigenvalue weighted by molar-refractivity contribution is 5.32. The highest BCUT2D eigenvalue weighted by atomic mass is 16.5. The van der Waals surface area contributed by atoms with Crippen LogP contribution >= 0.6 is 0 Å². The third-order valence-electron chi connectivity index (χ3n) is 2.60. The summed E-state index contributed by atoms with van der Waals surface area (Å²) in [7, 11) is 1.63. The summed E-state index contributed by atoms with van der Waals surface area (Å²) < 4.78 is 18.0. The fraction of sp³-hybridized carbons (Fsp3) is 0.357. The number of nitrogens with zero attached hydrogens (tertiary/aromatic N) is 2. The smallest absolute Gasteiger partial charge is 0.157 e. The summed E-state index contributed by atoms with van der Waals surface area (Å²) in [5.41, 5.74) is 0. The lowest BCUT2D eigenvalue weighted by Gasteiger charge is -2.08. The lowest BCUT2D eigenvalue weighted by atomic mass is 10.3. The van der Waals surface area contributed by atoms with E-state index in [1.165, 1.54) is 0 Å². The van der Waals surface area contributed by atoms with Gasteiger partial charge in [-0.05, 0) is 19.1 Å². The van der Waals surface area contributed by atoms with Crippen LogP contribution < -0.4 is 14.2 Å². The molecule has 0 N–H and O–H groups in total. The maximum atomic E-state index is 5.57. The average Bonchev–Trinajstić information content (AvgIpc) is 2.92. The quantitative estimate of drug-likeness (QED) is 0.719. The molecule has 0 saturated carbocycles. The average molecular weight is 262 g/mol. The van der Waals surface area contributed by atoms with Gasteiger partial charge in [0.15, 0.2) is 5.75 Å². The van der Waals surface area contributed by atoms with Crippen molar-refractivity contribution in [1.29, 1.82) is 0 Å². The highest BCUT2D eigenvalue weighted by Crippen LogP contribution is 2.18. The second kappa shape index (κ2) is 6.68. The summed E-state index contributed by atoms with van der Waals surface area (Å²) in [6.45, 7) is 3.82. The monoisotopic (exact) mass is 262 g/mol. The topological polar surface area (TPSA) is 45.5 Å². The number of aromatic nitrogens is 2. The van der Waals surface area contributed by atoms with Crippen LogP contribution in [0.4, 0.5) is 0 Å². The van der Waals surface area contributed by atoms with Crippen LogP contribution in [-0.2, 0) is 6.54 Å². The molecule has 5 nitrogen and oxygen atoms in total. The molecule has 1 aromatic carbocycles. The number of rotatable bonds is 7. The van der Waals surface area contributed by atoms with E-state index in [1.807, 2.05) is 42.1 Å². The van der Waals surface area contributed by atoms with Gasteiger partial charge in [0.1, 0.15) is 24.7 Å². The van der Waals surface area contributed by atoms with E-state index in [9.17, 15) is 0 Å². The number of aryl methyl sites for hydroxylation is 1. The van der Waals surface area contributed by atoms with Crippen LogP contribution in [0.2, 0.25) is 0 Å². The summed E-state index contributed by atoms with van der Waals surface area (Å²) >= 11 is 0. The number of hydrogen-bond acceptors (Lipinski definition) is 4. The molecular weight excluding hydrogens is 244 g/mol. The third-order valence-corrected chi connectivity index (χ3v) is 2.60. The molecule has 5 heteroatoms. The Morgan fingerprint density at radius 2 is 1.84 bits per heavy atom. The second-order valence-electron chi connectivity index (χ2n) is 3.91. The van der Waals surface area contributed by atoms with Crippen LogP contribution in [-0.4, -0.2) is 30.1 Å². The maximum Gasteiger partial charge on any atom is 0.157 e. The largest absolute Gasteiger partial charge is 0.497 e. The molecule has 0 unspecified atom stereocenters. The van der Waals surface area contributed by atoms with Crippen molar-refractivity contribution in [3.8, 4) is 17.2 Å². The normalized spacial score (nSPS) is 10.2. The van der Waals surface area contributed by atoms with E-state index in [4.69, 9.17) is 14.2 Å². The molecule has 0 aliphatic rings. The molecule has 1 heterocycles. The van der Waals surface area contributed by atoms with Gasteiger partial charge in [-0.3, -0.25) is 4.68 Å². The van der Waals surface area contributed by atoms with Crippen LogP contribution in [0.25, 0.3) is 0 Å². The first kappa shape index (κ1) is 13.3. The molecule has 0 saturated heterocycles. The minimum Gasteiger partial charge on any atom is -0.497 e. The molecule has 0 aliphatic carbocycles. The number of hydrogen-bond donors (Lipinski definition) is 0. The van der Waals surface area contributed by atoms with E-state index in [0.29, 0.717) is 13.2 Å². The van der Waals surface area contributed by atoms with Crippen molar-refractivity contribution in [2.24, 2.45) is 0 Å². The van der Waals surface area contributed by atoms with E-state index in [-0.39, 0.29) is 0 Å². The van der Waals surface area contributed by atoms with Crippen molar-refractivity contribution in [3.05, 3.63) is 36.7 Å². The molecule has 0 aliphatic heterocycles.